The van der Waals surface area contributed by atoms with Gasteiger partial charge >= 0.3 is 0 Å². The normalized spacial score (nSPS) is 14.6. The lowest BCUT2D eigenvalue weighted by Gasteiger charge is -2.32. The van der Waals surface area contributed by atoms with Crippen LogP contribution in [0.25, 0.3) is 10.8 Å². The van der Waals surface area contributed by atoms with Gasteiger partial charge in [-0.05, 0) is 55.1 Å². The predicted octanol–water partition coefficient (Wildman–Crippen LogP) is 3.47. The van der Waals surface area contributed by atoms with Crippen molar-refractivity contribution in [1.29, 1.82) is 0 Å². The first-order valence-corrected chi connectivity index (χ1v) is 11.7. The van der Waals surface area contributed by atoms with Crippen LogP contribution in [0.2, 0.25) is 0 Å². The molecule has 0 saturated carbocycles. The molecule has 3 aromatic carbocycles. The number of nitrogens with one attached hydrogen (secondary N) is 2. The maximum absolute atomic E-state index is 13.1. The fourth-order valence-electron chi connectivity index (χ4n) is 4.21. The number of rotatable bonds is 8. The Bertz CT molecular complexity index is 1160. The van der Waals surface area contributed by atoms with Crippen molar-refractivity contribution < 1.29 is 14.3 Å². The average molecular weight is 461 g/mol. The van der Waals surface area contributed by atoms with E-state index in [1.807, 2.05) is 36.4 Å². The lowest BCUT2D eigenvalue weighted by atomic mass is 10.1. The maximum atomic E-state index is 13.1. The van der Waals surface area contributed by atoms with Crippen LogP contribution in [0, 0.1) is 0 Å². The molecule has 2 N–H and O–H groups in total. The minimum Gasteiger partial charge on any atom is -0.495 e. The molecule has 178 valence electrons. The highest BCUT2D eigenvalue weighted by molar-refractivity contribution is 6.11. The van der Waals surface area contributed by atoms with Gasteiger partial charge in [-0.2, -0.15) is 0 Å². The Kier molecular flexibility index (Phi) is 7.77. The molecule has 0 radical (unpaired) electrons. The molecular formula is C27H32N4O3. The summed E-state index contributed by atoms with van der Waals surface area (Å²) in [5.41, 5.74) is 1.27. The number of ether oxygens (including phenoxy) is 1. The van der Waals surface area contributed by atoms with E-state index in [9.17, 15) is 9.59 Å². The lowest BCUT2D eigenvalue weighted by Crippen LogP contribution is -2.45. The molecule has 0 spiro atoms. The van der Waals surface area contributed by atoms with Crippen LogP contribution >= 0.6 is 0 Å². The third-order valence-electron chi connectivity index (χ3n) is 6.27. The largest absolute Gasteiger partial charge is 0.495 e. The molecule has 1 fully saturated rings. The van der Waals surface area contributed by atoms with Crippen molar-refractivity contribution in [1.82, 2.24) is 15.1 Å². The number of likely N-dealkylation sites (N-methyl/N-ethyl adjacent to an activating group) is 1. The number of carbonyl (C=O) groups excluding carboxylic acids is 2. The Morgan fingerprint density at radius 2 is 1.68 bits per heavy atom. The van der Waals surface area contributed by atoms with Gasteiger partial charge in [0.2, 0.25) is 0 Å². The van der Waals surface area contributed by atoms with Crippen molar-refractivity contribution in [3.63, 3.8) is 0 Å². The number of carbonyl (C=O) groups is 2. The number of benzene rings is 3. The average Bonchev–Trinajstić information content (AvgIpc) is 2.87. The molecule has 0 atom stereocenters. The molecule has 34 heavy (non-hydrogen) atoms. The second kappa shape index (κ2) is 11.1. The van der Waals surface area contributed by atoms with Crippen LogP contribution in [0.5, 0.6) is 5.75 Å². The molecule has 7 nitrogen and oxygen atoms in total. The number of hydrogen-bond donors (Lipinski definition) is 2. The smallest absolute Gasteiger partial charge is 0.255 e. The third kappa shape index (κ3) is 5.73. The van der Waals surface area contributed by atoms with E-state index in [2.05, 4.69) is 27.5 Å². The first-order valence-electron chi connectivity index (χ1n) is 11.7. The van der Waals surface area contributed by atoms with E-state index in [0.717, 1.165) is 49.9 Å². The number of fused-ring (bicyclic) bond motifs is 1. The molecule has 2 amide bonds. The molecular weight excluding hydrogens is 428 g/mol. The number of hydrogen-bond acceptors (Lipinski definition) is 5. The van der Waals surface area contributed by atoms with E-state index in [1.54, 1.807) is 24.3 Å². The van der Waals surface area contributed by atoms with Crippen molar-refractivity contribution in [3.05, 3.63) is 71.8 Å². The monoisotopic (exact) mass is 460 g/mol. The molecule has 3 aromatic rings. The van der Waals surface area contributed by atoms with E-state index in [1.165, 1.54) is 7.11 Å². The summed E-state index contributed by atoms with van der Waals surface area (Å²) in [4.78, 5) is 30.8. The van der Waals surface area contributed by atoms with E-state index >= 15 is 0 Å². The summed E-state index contributed by atoms with van der Waals surface area (Å²) in [6, 6.07) is 18.6. The number of anilines is 1. The van der Waals surface area contributed by atoms with Gasteiger partial charge in [-0.3, -0.25) is 9.59 Å². The summed E-state index contributed by atoms with van der Waals surface area (Å²) in [6.07, 6.45) is 0.873. The summed E-state index contributed by atoms with van der Waals surface area (Å²) >= 11 is 0. The third-order valence-corrected chi connectivity index (χ3v) is 6.27. The Hall–Kier alpha value is -3.42. The Morgan fingerprint density at radius 3 is 2.44 bits per heavy atom. The SMILES string of the molecule is COc1cccc(C(=O)NCCCN2CCN(C)CC2)c1NC(=O)c1ccc2ccccc2c1. The Morgan fingerprint density at radius 1 is 0.912 bits per heavy atom. The van der Waals surface area contributed by atoms with Gasteiger partial charge in [0.15, 0.2) is 0 Å². The molecule has 4 rings (SSSR count). The van der Waals surface area contributed by atoms with Crippen LogP contribution in [-0.2, 0) is 0 Å². The zero-order valence-corrected chi connectivity index (χ0v) is 19.8. The number of piperazine rings is 1. The summed E-state index contributed by atoms with van der Waals surface area (Å²) in [7, 11) is 3.67. The van der Waals surface area contributed by atoms with Gasteiger partial charge in [0.1, 0.15) is 5.75 Å². The lowest BCUT2D eigenvalue weighted by molar-refractivity contribution is 0.0950. The van der Waals surface area contributed by atoms with Crippen molar-refractivity contribution in [2.24, 2.45) is 0 Å². The summed E-state index contributed by atoms with van der Waals surface area (Å²) in [5, 5.41) is 7.94. The molecule has 0 bridgehead atoms. The first-order chi connectivity index (χ1) is 16.5. The van der Waals surface area contributed by atoms with Crippen LogP contribution < -0.4 is 15.4 Å². The Balaban J connectivity index is 1.42. The van der Waals surface area contributed by atoms with E-state index in [4.69, 9.17) is 4.74 Å². The van der Waals surface area contributed by atoms with E-state index in [0.29, 0.717) is 29.1 Å². The van der Waals surface area contributed by atoms with Crippen LogP contribution in [0.4, 0.5) is 5.69 Å². The Labute approximate surface area is 200 Å². The topological polar surface area (TPSA) is 73.9 Å². The number of nitrogens with zero attached hydrogens (tertiary/aromatic N) is 2. The van der Waals surface area contributed by atoms with Gasteiger partial charge in [0, 0.05) is 38.3 Å². The van der Waals surface area contributed by atoms with Crippen LogP contribution in [0.3, 0.4) is 0 Å². The van der Waals surface area contributed by atoms with Gasteiger partial charge in [0.25, 0.3) is 11.8 Å². The minimum atomic E-state index is -0.292. The van der Waals surface area contributed by atoms with Crippen molar-refractivity contribution in [2.45, 2.75) is 6.42 Å². The molecule has 0 aromatic heterocycles. The second-order valence-corrected chi connectivity index (χ2v) is 8.65. The summed E-state index contributed by atoms with van der Waals surface area (Å²) < 4.78 is 5.45. The van der Waals surface area contributed by atoms with Crippen molar-refractivity contribution >= 4 is 28.3 Å². The van der Waals surface area contributed by atoms with Gasteiger partial charge in [-0.1, -0.05) is 36.4 Å². The van der Waals surface area contributed by atoms with E-state index in [-0.39, 0.29) is 11.8 Å². The quantitative estimate of drug-likeness (QED) is 0.504. The molecule has 1 heterocycles. The molecule has 1 aliphatic rings. The van der Waals surface area contributed by atoms with Crippen molar-refractivity contribution in [3.8, 4) is 5.75 Å². The molecule has 1 aliphatic heterocycles. The zero-order chi connectivity index (χ0) is 23.9. The van der Waals surface area contributed by atoms with Crippen molar-refractivity contribution in [2.75, 3.05) is 58.7 Å². The standard InChI is InChI=1S/C27H32N4O3/c1-30-15-17-31(18-16-30)14-6-13-28-27(33)23-9-5-10-24(34-2)25(23)29-26(32)22-12-11-20-7-3-4-8-21(20)19-22/h3-5,7-12,19H,6,13-18H2,1-2H3,(H,28,33)(H,29,32). The maximum Gasteiger partial charge on any atom is 0.255 e. The summed E-state index contributed by atoms with van der Waals surface area (Å²) in [6.45, 7) is 5.81. The fraction of sp³-hybridized carbons (Fsp3) is 0.333. The molecule has 0 aliphatic carbocycles. The van der Waals surface area contributed by atoms with Gasteiger partial charge in [0.05, 0.1) is 18.4 Å². The molecule has 1 saturated heterocycles. The zero-order valence-electron chi connectivity index (χ0n) is 19.8. The van der Waals surface area contributed by atoms with E-state index < -0.39 is 0 Å². The predicted molar refractivity (Wildman–Crippen MR) is 136 cm³/mol. The minimum absolute atomic E-state index is 0.230. The van der Waals surface area contributed by atoms with Gasteiger partial charge in [-0.15, -0.1) is 0 Å². The number of amides is 2. The van der Waals surface area contributed by atoms with Gasteiger partial charge < -0.3 is 25.2 Å². The number of para-hydroxylation sites is 1. The highest BCUT2D eigenvalue weighted by Crippen LogP contribution is 2.29. The highest BCUT2D eigenvalue weighted by Gasteiger charge is 2.19. The summed E-state index contributed by atoms with van der Waals surface area (Å²) in [5.74, 6) is -0.0790. The first kappa shape index (κ1) is 23.7. The van der Waals surface area contributed by atoms with Crippen LogP contribution in [0.1, 0.15) is 27.1 Å². The number of methoxy groups -OCH3 is 1. The van der Waals surface area contributed by atoms with Gasteiger partial charge in [-0.25, -0.2) is 0 Å². The van der Waals surface area contributed by atoms with Crippen LogP contribution in [0.15, 0.2) is 60.7 Å². The highest BCUT2D eigenvalue weighted by atomic mass is 16.5. The molecule has 0 unspecified atom stereocenters. The fourth-order valence-corrected chi connectivity index (χ4v) is 4.21. The van der Waals surface area contributed by atoms with Crippen LogP contribution in [-0.4, -0.2) is 75.0 Å². The molecule has 7 heteroatoms. The second-order valence-electron chi connectivity index (χ2n) is 8.65.